The summed E-state index contributed by atoms with van der Waals surface area (Å²) in [5, 5.41) is 48.1. The zero-order valence-corrected chi connectivity index (χ0v) is 14.7. The lowest BCUT2D eigenvalue weighted by atomic mass is 9.91. The van der Waals surface area contributed by atoms with E-state index >= 15 is 0 Å². The fraction of sp³-hybridized carbons (Fsp3) is 0.300. The zero-order valence-electron chi connectivity index (χ0n) is 14.7. The van der Waals surface area contributed by atoms with Gasteiger partial charge < -0.3 is 30.3 Å². The van der Waals surface area contributed by atoms with Gasteiger partial charge in [0.05, 0.1) is 29.9 Å². The minimum absolute atomic E-state index is 0.108. The summed E-state index contributed by atoms with van der Waals surface area (Å²) in [6.45, 7) is -0.303. The highest BCUT2D eigenvalue weighted by molar-refractivity contribution is 5.96. The minimum atomic E-state index is -1.25. The third-order valence-corrected chi connectivity index (χ3v) is 4.73. The van der Waals surface area contributed by atoms with Crippen LogP contribution in [0.5, 0.6) is 0 Å². The molecule has 1 heterocycles. The first-order valence-corrected chi connectivity index (χ1v) is 8.64. The maximum Gasteiger partial charge on any atom is 0.335 e. The Bertz CT molecular complexity index is 861. The molecular weight excluding hydrogens is 368 g/mol. The van der Waals surface area contributed by atoms with E-state index in [1.54, 1.807) is 24.3 Å². The van der Waals surface area contributed by atoms with E-state index in [1.807, 2.05) is 0 Å². The Morgan fingerprint density at radius 1 is 0.964 bits per heavy atom. The lowest BCUT2D eigenvalue weighted by Crippen LogP contribution is -2.44. The Hall–Kier alpha value is -2.78. The Kier molecular flexibility index (Phi) is 5.76. The molecule has 28 heavy (non-hydrogen) atoms. The number of rotatable bonds is 5. The van der Waals surface area contributed by atoms with Gasteiger partial charge in [-0.1, -0.05) is 18.2 Å². The van der Waals surface area contributed by atoms with Crippen LogP contribution >= 0.6 is 0 Å². The van der Waals surface area contributed by atoms with Crippen LogP contribution in [0.3, 0.4) is 0 Å². The molecule has 0 bridgehead atoms. The number of carboxylic acids is 2. The second-order valence-corrected chi connectivity index (χ2v) is 6.69. The Morgan fingerprint density at radius 3 is 2.18 bits per heavy atom. The molecule has 3 unspecified atom stereocenters. The fourth-order valence-corrected chi connectivity index (χ4v) is 3.28. The van der Waals surface area contributed by atoms with Crippen molar-refractivity contribution in [3.05, 3.63) is 59.2 Å². The summed E-state index contributed by atoms with van der Waals surface area (Å²) in [6, 6.07) is 10.4. The monoisotopic (exact) mass is 388 g/mol. The molecule has 0 saturated carbocycles. The molecular formula is C20H20O8. The third-order valence-electron chi connectivity index (χ3n) is 4.73. The molecule has 8 nitrogen and oxygen atoms in total. The van der Waals surface area contributed by atoms with Gasteiger partial charge in [-0.3, -0.25) is 0 Å². The van der Waals surface area contributed by atoms with Gasteiger partial charge in [0, 0.05) is 6.42 Å². The molecule has 0 aliphatic carbocycles. The van der Waals surface area contributed by atoms with Crippen molar-refractivity contribution in [3.63, 3.8) is 0 Å². The summed E-state index contributed by atoms with van der Waals surface area (Å²) in [6.07, 6.45) is -3.66. The van der Waals surface area contributed by atoms with E-state index in [0.29, 0.717) is 16.7 Å². The van der Waals surface area contributed by atoms with E-state index in [1.165, 1.54) is 12.1 Å². The molecule has 1 aliphatic heterocycles. The predicted molar refractivity (Wildman–Crippen MR) is 97.1 cm³/mol. The SMILES string of the molecule is O=C(O)c1cc(C(=O)O)cc(-c2cccc([C@H]3OC(CO)CC(O)C3O)c2)c1. The van der Waals surface area contributed by atoms with Crippen molar-refractivity contribution in [3.8, 4) is 11.1 Å². The van der Waals surface area contributed by atoms with Crippen LogP contribution in [0.15, 0.2) is 42.5 Å². The molecule has 8 heteroatoms. The van der Waals surface area contributed by atoms with Crippen molar-refractivity contribution in [2.75, 3.05) is 6.61 Å². The third kappa shape index (κ3) is 4.05. The summed E-state index contributed by atoms with van der Waals surface area (Å²) in [4.78, 5) is 22.6. The van der Waals surface area contributed by atoms with E-state index in [0.717, 1.165) is 6.07 Å². The Morgan fingerprint density at radius 2 is 1.61 bits per heavy atom. The molecule has 3 rings (SSSR count). The molecule has 1 aliphatic rings. The van der Waals surface area contributed by atoms with Crippen LogP contribution in [0.1, 0.15) is 38.8 Å². The Labute approximate surface area is 160 Å². The highest BCUT2D eigenvalue weighted by Crippen LogP contribution is 2.34. The van der Waals surface area contributed by atoms with Crippen molar-refractivity contribution in [2.45, 2.75) is 30.8 Å². The number of hydrogen-bond acceptors (Lipinski definition) is 6. The highest BCUT2D eigenvalue weighted by Gasteiger charge is 2.37. The van der Waals surface area contributed by atoms with Gasteiger partial charge in [-0.05, 0) is 41.0 Å². The van der Waals surface area contributed by atoms with Gasteiger partial charge in [0.1, 0.15) is 12.2 Å². The van der Waals surface area contributed by atoms with E-state index < -0.39 is 36.4 Å². The summed E-state index contributed by atoms with van der Waals surface area (Å²) in [7, 11) is 0. The standard InChI is InChI=1S/C20H20O8/c21-9-15-8-16(22)17(23)18(28-15)11-3-1-2-10(4-11)12-5-13(19(24)25)7-14(6-12)20(26)27/h1-7,15-18,21-23H,8-9H2,(H,24,25)(H,26,27)/t15?,16?,17?,18-/m1/s1. The normalized spacial score (nSPS) is 24.7. The molecule has 148 valence electrons. The van der Waals surface area contributed by atoms with E-state index in [-0.39, 0.29) is 24.2 Å². The quantitative estimate of drug-likeness (QED) is 0.515. The maximum atomic E-state index is 11.3. The van der Waals surface area contributed by atoms with Crippen LogP contribution in [-0.4, -0.2) is 62.4 Å². The van der Waals surface area contributed by atoms with Crippen LogP contribution in [0, 0.1) is 0 Å². The summed E-state index contributed by atoms with van der Waals surface area (Å²) < 4.78 is 5.67. The lowest BCUT2D eigenvalue weighted by molar-refractivity contribution is -0.179. The second-order valence-electron chi connectivity index (χ2n) is 6.69. The second kappa shape index (κ2) is 8.07. The molecule has 0 spiro atoms. The van der Waals surface area contributed by atoms with Gasteiger partial charge in [0.15, 0.2) is 0 Å². The maximum absolute atomic E-state index is 11.3. The van der Waals surface area contributed by atoms with E-state index in [4.69, 9.17) is 4.74 Å². The van der Waals surface area contributed by atoms with Crippen molar-refractivity contribution < 1.29 is 39.9 Å². The average Bonchev–Trinajstić information content (AvgIpc) is 2.69. The largest absolute Gasteiger partial charge is 0.478 e. The molecule has 4 atom stereocenters. The van der Waals surface area contributed by atoms with Crippen LogP contribution in [0.2, 0.25) is 0 Å². The number of aliphatic hydroxyl groups is 3. The van der Waals surface area contributed by atoms with Crippen molar-refractivity contribution >= 4 is 11.9 Å². The number of aromatic carboxylic acids is 2. The van der Waals surface area contributed by atoms with Crippen molar-refractivity contribution in [2.24, 2.45) is 0 Å². The van der Waals surface area contributed by atoms with Crippen LogP contribution in [0.25, 0.3) is 11.1 Å². The Balaban J connectivity index is 2.02. The molecule has 0 amide bonds. The topological polar surface area (TPSA) is 145 Å². The molecule has 1 saturated heterocycles. The van der Waals surface area contributed by atoms with E-state index in [9.17, 15) is 35.1 Å². The minimum Gasteiger partial charge on any atom is -0.478 e. The molecule has 5 N–H and O–H groups in total. The zero-order chi connectivity index (χ0) is 20.4. The first-order valence-electron chi connectivity index (χ1n) is 8.64. The van der Waals surface area contributed by atoms with Crippen LogP contribution in [0.4, 0.5) is 0 Å². The predicted octanol–water partition coefficient (Wildman–Crippen LogP) is 1.29. The first-order chi connectivity index (χ1) is 13.3. The number of benzene rings is 2. The van der Waals surface area contributed by atoms with Crippen molar-refractivity contribution in [1.82, 2.24) is 0 Å². The molecule has 1 fully saturated rings. The van der Waals surface area contributed by atoms with Gasteiger partial charge in [-0.15, -0.1) is 0 Å². The average molecular weight is 388 g/mol. The van der Waals surface area contributed by atoms with Gasteiger partial charge >= 0.3 is 11.9 Å². The molecule has 2 aromatic rings. The van der Waals surface area contributed by atoms with E-state index in [2.05, 4.69) is 0 Å². The van der Waals surface area contributed by atoms with Gasteiger partial charge in [-0.25, -0.2) is 9.59 Å². The first kappa shape index (κ1) is 20.0. The highest BCUT2D eigenvalue weighted by atomic mass is 16.5. The molecule has 0 radical (unpaired) electrons. The van der Waals surface area contributed by atoms with Gasteiger partial charge in [0.2, 0.25) is 0 Å². The fourth-order valence-electron chi connectivity index (χ4n) is 3.28. The van der Waals surface area contributed by atoms with Crippen LogP contribution in [-0.2, 0) is 4.74 Å². The summed E-state index contributed by atoms with van der Waals surface area (Å²) in [5.74, 6) is -2.50. The number of carboxylic acid groups (broad SMARTS) is 2. The number of aliphatic hydroxyl groups excluding tert-OH is 3. The smallest absolute Gasteiger partial charge is 0.335 e. The van der Waals surface area contributed by atoms with Crippen LogP contribution < -0.4 is 0 Å². The summed E-state index contributed by atoms with van der Waals surface area (Å²) >= 11 is 0. The number of ether oxygens (including phenoxy) is 1. The van der Waals surface area contributed by atoms with Gasteiger partial charge in [-0.2, -0.15) is 0 Å². The summed E-state index contributed by atoms with van der Waals surface area (Å²) in [5.41, 5.74) is 1.10. The van der Waals surface area contributed by atoms with Crippen molar-refractivity contribution in [1.29, 1.82) is 0 Å². The number of hydrogen-bond donors (Lipinski definition) is 5. The molecule has 2 aromatic carbocycles. The van der Waals surface area contributed by atoms with Gasteiger partial charge in [0.25, 0.3) is 0 Å². The number of carbonyl (C=O) groups is 2. The molecule has 0 aromatic heterocycles. The lowest BCUT2D eigenvalue weighted by Gasteiger charge is -2.37.